The average molecular weight is 331 g/mol. The van der Waals surface area contributed by atoms with E-state index in [-0.39, 0.29) is 5.56 Å². The molecule has 0 fully saturated rings. The molecule has 0 radical (unpaired) electrons. The van der Waals surface area contributed by atoms with Crippen LogP contribution in [0.5, 0.6) is 0 Å². The number of pyridine rings is 2. The van der Waals surface area contributed by atoms with E-state index in [0.29, 0.717) is 17.3 Å². The summed E-state index contributed by atoms with van der Waals surface area (Å²) in [5.41, 5.74) is 4.85. The lowest BCUT2D eigenvalue weighted by molar-refractivity contribution is 0.151. The Balaban J connectivity index is 2.28. The molecule has 3 nitrogen and oxygen atoms in total. The summed E-state index contributed by atoms with van der Waals surface area (Å²) in [7, 11) is -1.49. The molecule has 0 aliphatic carbocycles. The van der Waals surface area contributed by atoms with Crippen LogP contribution in [0.3, 0.4) is 0 Å². The van der Waals surface area contributed by atoms with Crippen molar-refractivity contribution in [3.8, 4) is 11.5 Å². The van der Waals surface area contributed by atoms with Crippen molar-refractivity contribution >= 4 is 19.7 Å². The molecule has 23 heavy (non-hydrogen) atoms. The van der Waals surface area contributed by atoms with Gasteiger partial charge in [-0.15, -0.1) is 5.54 Å². The van der Waals surface area contributed by atoms with Gasteiger partial charge >= 0.3 is 0 Å². The molecule has 0 bridgehead atoms. The fourth-order valence-electron chi connectivity index (χ4n) is 1.83. The van der Waals surface area contributed by atoms with E-state index in [1.807, 2.05) is 19.1 Å². The van der Waals surface area contributed by atoms with Crippen LogP contribution in [0.25, 0.3) is 0 Å². The first kappa shape index (κ1) is 17.1. The Morgan fingerprint density at radius 3 is 2.52 bits per heavy atom. The summed E-state index contributed by atoms with van der Waals surface area (Å²) >= 11 is 0. The van der Waals surface area contributed by atoms with Crippen LogP contribution in [0.2, 0.25) is 19.6 Å². The topological polar surface area (TPSA) is 37.8 Å². The number of halogens is 2. The predicted molar refractivity (Wildman–Crippen MR) is 91.7 cm³/mol. The van der Waals surface area contributed by atoms with E-state index in [0.717, 1.165) is 5.56 Å². The van der Waals surface area contributed by atoms with Crippen LogP contribution in [0, 0.1) is 18.4 Å². The van der Waals surface area contributed by atoms with E-state index in [1.165, 1.54) is 18.3 Å². The van der Waals surface area contributed by atoms with Crippen LogP contribution in [-0.4, -0.2) is 18.0 Å². The predicted octanol–water partition coefficient (Wildman–Crippen LogP) is 4.70. The maximum absolute atomic E-state index is 12.7. The molecule has 0 aromatic carbocycles. The number of rotatable bonds is 3. The number of hydrogen-bond donors (Lipinski definition) is 1. The summed E-state index contributed by atoms with van der Waals surface area (Å²) in [6.07, 6.45) is -1.17. The molecule has 2 aromatic heterocycles. The lowest BCUT2D eigenvalue weighted by Crippen LogP contribution is -2.16. The van der Waals surface area contributed by atoms with Gasteiger partial charge in [-0.05, 0) is 36.8 Å². The van der Waals surface area contributed by atoms with Crippen LogP contribution < -0.4 is 5.32 Å². The van der Waals surface area contributed by atoms with Crippen molar-refractivity contribution in [3.05, 3.63) is 47.3 Å². The van der Waals surface area contributed by atoms with Crippen LogP contribution in [0.4, 0.5) is 20.4 Å². The average Bonchev–Trinajstić information content (AvgIpc) is 2.44. The lowest BCUT2D eigenvalue weighted by atomic mass is 10.2. The van der Waals surface area contributed by atoms with Gasteiger partial charge in [0.05, 0.1) is 0 Å². The standard InChI is InChI=1S/C17H19F2N3Si/c1-12-9-14(6-8-23(2,3)4)21-16(10-12)22-15-11-13(17(18)19)5-7-20-15/h5,7,9-11,17H,1-4H3,(H,20,21,22). The quantitative estimate of drug-likeness (QED) is 0.654. The Bertz CT molecular complexity index is 758. The summed E-state index contributed by atoms with van der Waals surface area (Å²) in [5, 5.41) is 2.97. The Kier molecular flexibility index (Phi) is 5.11. The highest BCUT2D eigenvalue weighted by molar-refractivity contribution is 6.83. The number of aromatic nitrogens is 2. The van der Waals surface area contributed by atoms with Crippen molar-refractivity contribution in [2.24, 2.45) is 0 Å². The molecule has 2 heterocycles. The third-order valence-electron chi connectivity index (χ3n) is 2.83. The molecule has 6 heteroatoms. The number of nitrogens with one attached hydrogen (secondary N) is 1. The maximum atomic E-state index is 12.7. The van der Waals surface area contributed by atoms with Gasteiger partial charge in [-0.3, -0.25) is 0 Å². The summed E-state index contributed by atoms with van der Waals surface area (Å²) in [5.74, 6) is 3.98. The Morgan fingerprint density at radius 1 is 1.13 bits per heavy atom. The SMILES string of the molecule is Cc1cc(C#C[Si](C)(C)C)nc(Nc2cc(C(F)F)ccn2)c1. The largest absolute Gasteiger partial charge is 0.325 e. The van der Waals surface area contributed by atoms with Gasteiger partial charge in [0.1, 0.15) is 25.4 Å². The second-order valence-corrected chi connectivity index (χ2v) is 11.1. The van der Waals surface area contributed by atoms with E-state index in [9.17, 15) is 8.78 Å². The molecule has 2 rings (SSSR count). The molecule has 120 valence electrons. The molecule has 0 aliphatic rings. The van der Waals surface area contributed by atoms with Crippen molar-refractivity contribution in [2.75, 3.05) is 5.32 Å². The normalized spacial score (nSPS) is 11.1. The van der Waals surface area contributed by atoms with Gasteiger partial charge in [0.15, 0.2) is 0 Å². The van der Waals surface area contributed by atoms with Gasteiger partial charge in [0.25, 0.3) is 6.43 Å². The van der Waals surface area contributed by atoms with Crippen molar-refractivity contribution in [1.82, 2.24) is 9.97 Å². The monoisotopic (exact) mass is 331 g/mol. The number of alkyl halides is 2. The molecule has 1 N–H and O–H groups in total. The molecule has 0 saturated carbocycles. The number of nitrogens with zero attached hydrogens (tertiary/aromatic N) is 2. The van der Waals surface area contributed by atoms with E-state index in [4.69, 9.17) is 0 Å². The maximum Gasteiger partial charge on any atom is 0.264 e. The minimum atomic E-state index is -2.53. The van der Waals surface area contributed by atoms with Crippen molar-refractivity contribution in [3.63, 3.8) is 0 Å². The molecule has 0 saturated heterocycles. The highest BCUT2D eigenvalue weighted by Crippen LogP contribution is 2.22. The van der Waals surface area contributed by atoms with Crippen molar-refractivity contribution in [2.45, 2.75) is 33.0 Å². The molecular formula is C17H19F2N3Si. The summed E-state index contributed by atoms with van der Waals surface area (Å²) in [4.78, 5) is 8.46. The van der Waals surface area contributed by atoms with Gasteiger partial charge in [0.2, 0.25) is 0 Å². The van der Waals surface area contributed by atoms with Crippen LogP contribution in [0.15, 0.2) is 30.5 Å². The van der Waals surface area contributed by atoms with Crippen LogP contribution in [-0.2, 0) is 0 Å². The first-order chi connectivity index (χ1) is 10.7. The summed E-state index contributed by atoms with van der Waals surface area (Å²) in [6, 6.07) is 6.35. The third-order valence-corrected chi connectivity index (χ3v) is 3.70. The third kappa shape index (κ3) is 5.46. The zero-order chi connectivity index (χ0) is 17.0. The summed E-state index contributed by atoms with van der Waals surface area (Å²) < 4.78 is 25.5. The second-order valence-electron chi connectivity index (χ2n) is 6.32. The minimum absolute atomic E-state index is 0.0751. The van der Waals surface area contributed by atoms with E-state index in [1.54, 1.807) is 0 Å². The molecule has 2 aromatic rings. The second kappa shape index (κ2) is 6.88. The Morgan fingerprint density at radius 2 is 1.87 bits per heavy atom. The Labute approximate surface area is 136 Å². The highest BCUT2D eigenvalue weighted by Gasteiger charge is 2.09. The first-order valence-electron chi connectivity index (χ1n) is 7.26. The van der Waals surface area contributed by atoms with E-state index >= 15 is 0 Å². The lowest BCUT2D eigenvalue weighted by Gasteiger charge is -2.08. The fourth-order valence-corrected chi connectivity index (χ4v) is 2.33. The Hall–Kier alpha value is -2.26. The van der Waals surface area contributed by atoms with Gasteiger partial charge in [-0.1, -0.05) is 25.6 Å². The summed E-state index contributed by atoms with van der Waals surface area (Å²) in [6.45, 7) is 8.42. The van der Waals surface area contributed by atoms with Crippen molar-refractivity contribution in [1.29, 1.82) is 0 Å². The molecule has 0 atom stereocenters. The number of aryl methyl sites for hydroxylation is 1. The zero-order valence-electron chi connectivity index (χ0n) is 13.6. The van der Waals surface area contributed by atoms with E-state index in [2.05, 4.69) is 46.4 Å². The van der Waals surface area contributed by atoms with Gasteiger partial charge in [-0.2, -0.15) is 0 Å². The van der Waals surface area contributed by atoms with Gasteiger partial charge in [0, 0.05) is 11.8 Å². The molecule has 0 amide bonds. The minimum Gasteiger partial charge on any atom is -0.325 e. The van der Waals surface area contributed by atoms with Crippen LogP contribution >= 0.6 is 0 Å². The molecule has 0 spiro atoms. The smallest absolute Gasteiger partial charge is 0.264 e. The number of anilines is 2. The van der Waals surface area contributed by atoms with Gasteiger partial charge in [-0.25, -0.2) is 18.7 Å². The molecule has 0 unspecified atom stereocenters. The van der Waals surface area contributed by atoms with Gasteiger partial charge < -0.3 is 5.32 Å². The zero-order valence-corrected chi connectivity index (χ0v) is 14.6. The fraction of sp³-hybridized carbons (Fsp3) is 0.294. The van der Waals surface area contributed by atoms with E-state index < -0.39 is 14.5 Å². The van der Waals surface area contributed by atoms with Crippen molar-refractivity contribution < 1.29 is 8.78 Å². The molecular weight excluding hydrogens is 312 g/mol. The first-order valence-corrected chi connectivity index (χ1v) is 10.8. The highest BCUT2D eigenvalue weighted by atomic mass is 28.3. The number of hydrogen-bond acceptors (Lipinski definition) is 3. The van der Waals surface area contributed by atoms with Crippen LogP contribution in [0.1, 0.15) is 23.2 Å². The molecule has 0 aliphatic heterocycles.